The van der Waals surface area contributed by atoms with Crippen molar-refractivity contribution in [1.82, 2.24) is 0 Å². The first kappa shape index (κ1) is 32.5. The molecule has 6 aromatic carbocycles. The summed E-state index contributed by atoms with van der Waals surface area (Å²) in [5.41, 5.74) is 16.0. The number of allylic oxidation sites excluding steroid dienone is 9. The van der Waals surface area contributed by atoms with Crippen LogP contribution in [0.5, 0.6) is 0 Å². The lowest BCUT2D eigenvalue weighted by Crippen LogP contribution is -2.40. The van der Waals surface area contributed by atoms with E-state index in [-0.39, 0.29) is 0 Å². The van der Waals surface area contributed by atoms with E-state index in [0.29, 0.717) is 11.8 Å². The third kappa shape index (κ3) is 5.46. The van der Waals surface area contributed by atoms with Gasteiger partial charge in [0, 0.05) is 30.3 Å². The summed E-state index contributed by atoms with van der Waals surface area (Å²) in [5, 5.41) is 5.36. The molecule has 0 bridgehead atoms. The molecule has 1 nitrogen and oxygen atoms in total. The fourth-order valence-corrected chi connectivity index (χ4v) is 9.48. The van der Waals surface area contributed by atoms with Gasteiger partial charge in [-0.25, -0.2) is 0 Å². The number of rotatable bonds is 6. The molecule has 4 aliphatic rings. The zero-order valence-electron chi connectivity index (χ0n) is 30.8. The van der Waals surface area contributed by atoms with Gasteiger partial charge in [-0.05, 0) is 127 Å². The highest BCUT2D eigenvalue weighted by molar-refractivity contribution is 6.10. The average molecular weight is 694 g/mol. The lowest BCUT2D eigenvalue weighted by molar-refractivity contribution is 0.685. The Bertz CT molecular complexity index is 2700. The highest BCUT2D eigenvalue weighted by Gasteiger charge is 2.32. The van der Waals surface area contributed by atoms with Crippen LogP contribution < -0.4 is 15.3 Å². The number of fused-ring (bicyclic) bond motifs is 4. The van der Waals surface area contributed by atoms with E-state index < -0.39 is 0 Å². The summed E-state index contributed by atoms with van der Waals surface area (Å²) in [6.07, 6.45) is 25.5. The zero-order valence-corrected chi connectivity index (χ0v) is 30.8. The number of benzene rings is 6. The van der Waals surface area contributed by atoms with Crippen LogP contribution in [0.15, 0.2) is 182 Å². The molecule has 0 saturated carbocycles. The van der Waals surface area contributed by atoms with Gasteiger partial charge in [-0.3, -0.25) is 0 Å². The third-order valence-corrected chi connectivity index (χ3v) is 12.0. The second-order valence-electron chi connectivity index (χ2n) is 15.0. The minimum atomic E-state index is 0.297. The van der Waals surface area contributed by atoms with Crippen LogP contribution in [0.3, 0.4) is 0 Å². The summed E-state index contributed by atoms with van der Waals surface area (Å²) >= 11 is 0. The van der Waals surface area contributed by atoms with Crippen molar-refractivity contribution < 1.29 is 0 Å². The van der Waals surface area contributed by atoms with Gasteiger partial charge in [0.25, 0.3) is 0 Å². The van der Waals surface area contributed by atoms with Crippen LogP contribution in [-0.2, 0) is 6.42 Å². The van der Waals surface area contributed by atoms with Gasteiger partial charge in [-0.1, -0.05) is 158 Å². The van der Waals surface area contributed by atoms with Crippen molar-refractivity contribution in [2.24, 2.45) is 11.8 Å². The van der Waals surface area contributed by atoms with Gasteiger partial charge >= 0.3 is 0 Å². The average Bonchev–Trinajstić information content (AvgIpc) is 3.25. The molecule has 0 spiro atoms. The Morgan fingerprint density at radius 3 is 1.76 bits per heavy atom. The lowest BCUT2D eigenvalue weighted by atomic mass is 9.69. The van der Waals surface area contributed by atoms with E-state index in [1.807, 2.05) is 0 Å². The second-order valence-corrected chi connectivity index (χ2v) is 15.0. The fraction of sp³-hybridized carbons (Fsp3) is 0.132. The van der Waals surface area contributed by atoms with Gasteiger partial charge in [0.2, 0.25) is 0 Å². The Morgan fingerprint density at radius 2 is 1.07 bits per heavy atom. The maximum atomic E-state index is 2.44. The molecule has 0 aromatic heterocycles. The van der Waals surface area contributed by atoms with Crippen molar-refractivity contribution in [3.05, 3.63) is 209 Å². The summed E-state index contributed by atoms with van der Waals surface area (Å²) < 4.78 is 0. The quantitative estimate of drug-likeness (QED) is 0.168. The van der Waals surface area contributed by atoms with E-state index in [4.69, 9.17) is 0 Å². The van der Waals surface area contributed by atoms with Crippen LogP contribution in [0.2, 0.25) is 0 Å². The maximum Gasteiger partial charge on any atom is 0.0408 e. The summed E-state index contributed by atoms with van der Waals surface area (Å²) in [7, 11) is 2.18. The van der Waals surface area contributed by atoms with E-state index in [1.165, 1.54) is 88.2 Å². The Morgan fingerprint density at radius 1 is 0.500 bits per heavy atom. The molecule has 0 radical (unpaired) electrons. The monoisotopic (exact) mass is 693 g/mol. The smallest absolute Gasteiger partial charge is 0.0408 e. The summed E-state index contributed by atoms with van der Waals surface area (Å²) in [4.78, 5) is 2.30. The van der Waals surface area contributed by atoms with E-state index in [9.17, 15) is 0 Å². The van der Waals surface area contributed by atoms with E-state index in [2.05, 4.69) is 194 Å². The molecule has 0 fully saturated rings. The minimum absolute atomic E-state index is 0.297. The SMILES string of the molecule is CN(c1ccc(C2=c3ccccc3=C(C3=CCCC=C3)C3C=CC=CC23)cc1)c1ccc(-c2c3c(c(-c4ccccc4)c4ccccc24)CCC=C3)cc1. The number of nitrogens with zero attached hydrogens (tertiary/aromatic N) is 1. The molecule has 0 saturated heterocycles. The fourth-order valence-electron chi connectivity index (χ4n) is 9.48. The predicted molar refractivity (Wildman–Crippen MR) is 230 cm³/mol. The molecule has 2 unspecified atom stereocenters. The Kier molecular flexibility index (Phi) is 8.22. The van der Waals surface area contributed by atoms with Crippen molar-refractivity contribution in [2.75, 3.05) is 11.9 Å². The van der Waals surface area contributed by atoms with Gasteiger partial charge in [0.15, 0.2) is 0 Å². The molecule has 1 heteroatoms. The van der Waals surface area contributed by atoms with Crippen LogP contribution in [-0.4, -0.2) is 7.05 Å². The standard InChI is InChI=1S/C53H43N/c1-54(40-32-28-38(29-33-40)52-46-24-12-8-20-42(46)50(36-16-4-2-5-17-36)43-21-9-13-25-47(43)52)41-34-30-39(31-35-41)53-48-26-14-10-22-44(48)51(37-18-6-3-7-19-37)45-23-11-15-27-49(45)53/h2,4-6,8,10-20,22-35,44,48H,3,7,9,21H2,1H3. The lowest BCUT2D eigenvalue weighted by Gasteiger charge is -2.34. The van der Waals surface area contributed by atoms with Gasteiger partial charge < -0.3 is 4.90 Å². The number of hydrogen-bond acceptors (Lipinski definition) is 1. The molecule has 54 heavy (non-hydrogen) atoms. The summed E-state index contributed by atoms with van der Waals surface area (Å²) in [6.45, 7) is 0. The van der Waals surface area contributed by atoms with Gasteiger partial charge in [0.05, 0.1) is 0 Å². The van der Waals surface area contributed by atoms with Gasteiger partial charge in [0.1, 0.15) is 0 Å². The van der Waals surface area contributed by atoms with E-state index in [1.54, 1.807) is 0 Å². The van der Waals surface area contributed by atoms with Crippen LogP contribution in [0.4, 0.5) is 11.4 Å². The molecule has 260 valence electrons. The zero-order chi connectivity index (χ0) is 36.0. The molecular weight excluding hydrogens is 651 g/mol. The Balaban J connectivity index is 1.01. The molecule has 6 aromatic rings. The predicted octanol–water partition coefficient (Wildman–Crippen LogP) is 11.9. The largest absolute Gasteiger partial charge is 0.345 e. The van der Waals surface area contributed by atoms with Crippen LogP contribution >= 0.6 is 0 Å². The highest BCUT2D eigenvalue weighted by Crippen LogP contribution is 2.45. The van der Waals surface area contributed by atoms with Crippen molar-refractivity contribution in [1.29, 1.82) is 0 Å². The van der Waals surface area contributed by atoms with E-state index >= 15 is 0 Å². The molecule has 0 N–H and O–H groups in total. The van der Waals surface area contributed by atoms with Gasteiger partial charge in [-0.2, -0.15) is 0 Å². The number of anilines is 2. The van der Waals surface area contributed by atoms with Crippen LogP contribution in [0.1, 0.15) is 36.0 Å². The third-order valence-electron chi connectivity index (χ3n) is 12.0. The Hall–Kier alpha value is -6.18. The normalized spacial score (nSPS) is 18.3. The number of hydrogen-bond donors (Lipinski definition) is 0. The summed E-state index contributed by atoms with van der Waals surface area (Å²) in [5.74, 6) is 0.619. The van der Waals surface area contributed by atoms with Crippen molar-refractivity contribution in [2.45, 2.75) is 25.7 Å². The first-order chi connectivity index (χ1) is 26.7. The summed E-state index contributed by atoms with van der Waals surface area (Å²) in [6, 6.07) is 47.4. The molecule has 4 aliphatic carbocycles. The van der Waals surface area contributed by atoms with Crippen molar-refractivity contribution in [3.63, 3.8) is 0 Å². The van der Waals surface area contributed by atoms with Gasteiger partial charge in [-0.15, -0.1) is 0 Å². The molecule has 10 rings (SSSR count). The Labute approximate surface area is 318 Å². The van der Waals surface area contributed by atoms with Crippen molar-refractivity contribution in [3.8, 4) is 22.3 Å². The maximum absolute atomic E-state index is 2.44. The van der Waals surface area contributed by atoms with Crippen LogP contribution in [0.25, 0.3) is 50.2 Å². The molecular formula is C53H43N. The first-order valence-corrected chi connectivity index (χ1v) is 19.5. The first-order valence-electron chi connectivity index (χ1n) is 19.5. The van der Waals surface area contributed by atoms with Crippen molar-refractivity contribution >= 4 is 39.4 Å². The molecule has 0 aliphatic heterocycles. The second kappa shape index (κ2) is 13.7. The topological polar surface area (TPSA) is 3.24 Å². The van der Waals surface area contributed by atoms with Crippen LogP contribution in [0, 0.1) is 11.8 Å². The van der Waals surface area contributed by atoms with E-state index in [0.717, 1.165) is 25.7 Å². The molecule has 0 heterocycles. The molecule has 0 amide bonds. The minimum Gasteiger partial charge on any atom is -0.345 e. The molecule has 2 atom stereocenters. The highest BCUT2D eigenvalue weighted by atomic mass is 15.1.